The average molecular weight is 542 g/mol. The molecule has 1 atom stereocenters. The summed E-state index contributed by atoms with van der Waals surface area (Å²) in [5, 5.41) is 0.209. The van der Waals surface area contributed by atoms with Gasteiger partial charge < -0.3 is 13.9 Å². The monoisotopic (exact) mass is 541 g/mol. The average Bonchev–Trinajstić information content (AvgIpc) is 2.71. The van der Waals surface area contributed by atoms with Crippen LogP contribution < -0.4 is 9.47 Å². The third-order valence-corrected chi connectivity index (χ3v) is 11.4. The van der Waals surface area contributed by atoms with Gasteiger partial charge in [0.1, 0.15) is 0 Å². The fraction of sp³-hybridized carbons (Fsp3) is 0.542. The molecule has 0 unspecified atom stereocenters. The fourth-order valence-corrected chi connectivity index (χ4v) is 4.59. The lowest BCUT2D eigenvalue weighted by Gasteiger charge is -2.37. The molecule has 0 N–H and O–H groups in total. The van der Waals surface area contributed by atoms with Crippen LogP contribution in [0.2, 0.25) is 18.1 Å². The van der Waals surface area contributed by atoms with E-state index < -0.39 is 8.32 Å². The van der Waals surface area contributed by atoms with Crippen molar-refractivity contribution in [3.8, 4) is 22.6 Å². The van der Waals surface area contributed by atoms with Crippen molar-refractivity contribution >= 4 is 30.9 Å². The van der Waals surface area contributed by atoms with Gasteiger partial charge in [0.2, 0.25) is 0 Å². The molecule has 0 aliphatic heterocycles. The molecule has 1 aromatic carbocycles. The molecule has 1 aromatic heterocycles. The second-order valence-electron chi connectivity index (χ2n) is 9.14. The first kappa shape index (κ1) is 25.1. The molecule has 0 saturated carbocycles. The Morgan fingerprint density at radius 2 is 1.80 bits per heavy atom. The van der Waals surface area contributed by atoms with Gasteiger partial charge >= 0.3 is 0 Å². The highest BCUT2D eigenvalue weighted by atomic mass is 127. The Kier molecular flexibility index (Phi) is 9.18. The van der Waals surface area contributed by atoms with E-state index in [2.05, 4.69) is 80.5 Å². The molecule has 166 valence electrons. The Morgan fingerprint density at radius 1 is 1.07 bits per heavy atom. The number of nitrogens with zero attached hydrogens (tertiary/aromatic N) is 1. The Hall–Kier alpha value is -1.12. The summed E-state index contributed by atoms with van der Waals surface area (Å²) < 4.78 is 18.8. The Balaban J connectivity index is 2.26. The molecule has 0 spiro atoms. The van der Waals surface area contributed by atoms with Crippen LogP contribution in [0, 0.1) is 0 Å². The predicted molar refractivity (Wildman–Crippen MR) is 137 cm³/mol. The van der Waals surface area contributed by atoms with Crippen LogP contribution in [0.3, 0.4) is 0 Å². The third kappa shape index (κ3) is 6.44. The normalized spacial score (nSPS) is 13.2. The van der Waals surface area contributed by atoms with Crippen molar-refractivity contribution in [3.63, 3.8) is 0 Å². The molecular weight excluding hydrogens is 505 g/mol. The number of hydrogen-bond donors (Lipinski definition) is 0. The van der Waals surface area contributed by atoms with Crippen molar-refractivity contribution in [2.24, 2.45) is 0 Å². The summed E-state index contributed by atoms with van der Waals surface area (Å²) in [6, 6.07) is 8.30. The lowest BCUT2D eigenvalue weighted by molar-refractivity contribution is 0.271. The lowest BCUT2D eigenvalue weighted by Crippen LogP contribution is -2.41. The first-order valence-corrected chi connectivity index (χ1v) is 15.0. The number of alkyl halides is 1. The van der Waals surface area contributed by atoms with Crippen LogP contribution in [0.4, 0.5) is 0 Å². The summed E-state index contributed by atoms with van der Waals surface area (Å²) in [7, 11) is -0.109. The number of aromatic nitrogens is 1. The smallest absolute Gasteiger partial charge is 0.192 e. The summed E-state index contributed by atoms with van der Waals surface area (Å²) in [5.74, 6) is 1.85. The van der Waals surface area contributed by atoms with Crippen molar-refractivity contribution in [3.05, 3.63) is 42.2 Å². The van der Waals surface area contributed by atoms with Gasteiger partial charge in [-0.15, -0.1) is 0 Å². The molecule has 6 heteroatoms. The predicted octanol–water partition coefficient (Wildman–Crippen LogP) is 7.09. The molecule has 2 aromatic rings. The topological polar surface area (TPSA) is 40.6 Å². The Labute approximate surface area is 197 Å². The van der Waals surface area contributed by atoms with Crippen LogP contribution in [-0.4, -0.2) is 38.1 Å². The number of ether oxygens (including phenoxy) is 2. The van der Waals surface area contributed by atoms with E-state index in [1.807, 2.05) is 24.5 Å². The Morgan fingerprint density at radius 3 is 2.40 bits per heavy atom. The fourth-order valence-electron chi connectivity index (χ4n) is 2.78. The first-order valence-electron chi connectivity index (χ1n) is 10.6. The highest BCUT2D eigenvalue weighted by Gasteiger charge is 2.37. The van der Waals surface area contributed by atoms with Crippen molar-refractivity contribution < 1.29 is 13.9 Å². The van der Waals surface area contributed by atoms with Crippen LogP contribution >= 0.6 is 22.6 Å². The zero-order valence-electron chi connectivity index (χ0n) is 19.4. The van der Waals surface area contributed by atoms with E-state index in [0.29, 0.717) is 12.5 Å². The van der Waals surface area contributed by atoms with Crippen LogP contribution in [0.1, 0.15) is 45.6 Å². The van der Waals surface area contributed by atoms with Crippen molar-refractivity contribution in [2.75, 3.05) is 24.8 Å². The zero-order valence-corrected chi connectivity index (χ0v) is 22.6. The van der Waals surface area contributed by atoms with Crippen molar-refractivity contribution in [1.29, 1.82) is 0 Å². The summed E-state index contributed by atoms with van der Waals surface area (Å²) in [4.78, 5) is 4.54. The molecule has 0 amide bonds. The number of hydrogen-bond acceptors (Lipinski definition) is 4. The number of halogens is 1. The van der Waals surface area contributed by atoms with Gasteiger partial charge in [-0.05, 0) is 53.9 Å². The van der Waals surface area contributed by atoms with Gasteiger partial charge in [0.05, 0.1) is 13.7 Å². The van der Waals surface area contributed by atoms with E-state index in [-0.39, 0.29) is 5.04 Å². The molecule has 4 nitrogen and oxygen atoms in total. The second kappa shape index (κ2) is 11.0. The van der Waals surface area contributed by atoms with E-state index in [1.54, 1.807) is 7.11 Å². The summed E-state index contributed by atoms with van der Waals surface area (Å²) in [6.45, 7) is 15.0. The second-order valence-corrected chi connectivity index (χ2v) is 14.8. The van der Waals surface area contributed by atoms with Crippen molar-refractivity contribution in [1.82, 2.24) is 4.98 Å². The van der Waals surface area contributed by atoms with Crippen LogP contribution in [0.15, 0.2) is 36.7 Å². The minimum Gasteiger partial charge on any atom is -0.493 e. The zero-order chi connectivity index (χ0) is 22.4. The number of rotatable bonds is 10. The molecule has 0 aliphatic rings. The maximum Gasteiger partial charge on any atom is 0.192 e. The number of methoxy groups -OCH3 is 1. The van der Waals surface area contributed by atoms with Gasteiger partial charge in [0.25, 0.3) is 0 Å². The van der Waals surface area contributed by atoms with Gasteiger partial charge in [-0.3, -0.25) is 4.98 Å². The van der Waals surface area contributed by atoms with Crippen LogP contribution in [-0.2, 0) is 4.43 Å². The molecule has 30 heavy (non-hydrogen) atoms. The quantitative estimate of drug-likeness (QED) is 0.183. The summed E-state index contributed by atoms with van der Waals surface area (Å²) in [6.07, 6.45) is 4.84. The minimum atomic E-state index is -1.78. The maximum absolute atomic E-state index is 6.51. The molecule has 0 aliphatic carbocycles. The molecule has 0 radical (unpaired) electrons. The lowest BCUT2D eigenvalue weighted by atomic mass is 9.99. The summed E-state index contributed by atoms with van der Waals surface area (Å²) >= 11 is 2.45. The highest BCUT2D eigenvalue weighted by Crippen LogP contribution is 2.38. The molecular formula is C24H36INO3Si. The van der Waals surface area contributed by atoms with Crippen LogP contribution in [0.25, 0.3) is 11.1 Å². The molecule has 0 bridgehead atoms. The van der Waals surface area contributed by atoms with E-state index >= 15 is 0 Å². The standard InChI is InChI=1S/C24H36INO3Si/c1-8-11-28-23-13-18(9-10-22(23)27-5)19-12-20(16-26-15-19)21(14-25)17-29-30(6,7)24(2,3)4/h9-10,12-13,15-16,21H,8,11,14,17H2,1-7H3/t21-/m0/s1. The Bertz CT molecular complexity index is 820. The van der Waals surface area contributed by atoms with E-state index in [0.717, 1.165) is 40.1 Å². The highest BCUT2D eigenvalue weighted by molar-refractivity contribution is 14.1. The SMILES string of the molecule is CCCOc1cc(-c2cncc([C@@H](CI)CO[Si](C)(C)C(C)(C)C)c2)ccc1OC. The van der Waals surface area contributed by atoms with Crippen molar-refractivity contribution in [2.45, 2.75) is 58.2 Å². The number of benzene rings is 1. The molecule has 2 rings (SSSR count). The van der Waals surface area contributed by atoms with Gasteiger partial charge in [-0.2, -0.15) is 0 Å². The molecule has 1 heterocycles. The van der Waals surface area contributed by atoms with Crippen LogP contribution in [0.5, 0.6) is 11.5 Å². The first-order chi connectivity index (χ1) is 14.1. The number of pyridine rings is 1. The minimum absolute atomic E-state index is 0.209. The molecule has 0 saturated heterocycles. The molecule has 0 fully saturated rings. The maximum atomic E-state index is 6.51. The van der Waals surface area contributed by atoms with E-state index in [4.69, 9.17) is 13.9 Å². The van der Waals surface area contributed by atoms with Gasteiger partial charge in [-0.25, -0.2) is 0 Å². The van der Waals surface area contributed by atoms with E-state index in [9.17, 15) is 0 Å². The third-order valence-electron chi connectivity index (χ3n) is 5.83. The summed E-state index contributed by atoms with van der Waals surface area (Å²) in [5.41, 5.74) is 3.37. The van der Waals surface area contributed by atoms with Gasteiger partial charge in [0, 0.05) is 34.9 Å². The largest absolute Gasteiger partial charge is 0.493 e. The van der Waals surface area contributed by atoms with Gasteiger partial charge in [0.15, 0.2) is 19.8 Å². The van der Waals surface area contributed by atoms with Gasteiger partial charge in [-0.1, -0.05) is 56.4 Å². The van der Waals surface area contributed by atoms with E-state index in [1.165, 1.54) is 5.56 Å².